The minimum atomic E-state index is 0.512. The Morgan fingerprint density at radius 1 is 1.47 bits per heavy atom. The molecule has 2 aliphatic rings. The lowest BCUT2D eigenvalue weighted by Gasteiger charge is -2.25. The zero-order valence-corrected chi connectivity index (χ0v) is 9.57. The Morgan fingerprint density at radius 3 is 3.00 bits per heavy atom. The Morgan fingerprint density at radius 2 is 2.40 bits per heavy atom. The summed E-state index contributed by atoms with van der Waals surface area (Å²) < 4.78 is 0. The number of anilines is 1. The van der Waals surface area contributed by atoms with E-state index in [1.165, 1.54) is 12.8 Å². The van der Waals surface area contributed by atoms with Gasteiger partial charge in [0, 0.05) is 6.04 Å². The lowest BCUT2D eigenvalue weighted by molar-refractivity contribution is 0.399. The third kappa shape index (κ3) is 1.67. The van der Waals surface area contributed by atoms with Crippen molar-refractivity contribution >= 4 is 16.5 Å². The number of nitrogens with zero attached hydrogens (tertiary/aromatic N) is 2. The largest absolute Gasteiger partial charge is 0.357 e. The average molecular weight is 221 g/mol. The highest BCUT2D eigenvalue weighted by Gasteiger charge is 2.38. The van der Waals surface area contributed by atoms with E-state index in [4.69, 9.17) is 0 Å². The smallest absolute Gasteiger partial charge is 0.205 e. The van der Waals surface area contributed by atoms with E-state index in [-0.39, 0.29) is 0 Å². The van der Waals surface area contributed by atoms with Crippen LogP contribution in [0.2, 0.25) is 0 Å². The van der Waals surface area contributed by atoms with Gasteiger partial charge in [-0.1, -0.05) is 23.5 Å². The molecule has 0 radical (unpaired) electrons. The van der Waals surface area contributed by atoms with Crippen LogP contribution in [0.5, 0.6) is 0 Å². The quantitative estimate of drug-likeness (QED) is 0.797. The number of allylic oxidation sites excluding steroid dienone is 2. The van der Waals surface area contributed by atoms with E-state index >= 15 is 0 Å². The van der Waals surface area contributed by atoms with Crippen LogP contribution < -0.4 is 5.32 Å². The summed E-state index contributed by atoms with van der Waals surface area (Å²) in [7, 11) is 0. The van der Waals surface area contributed by atoms with E-state index in [0.717, 1.165) is 22.9 Å². The van der Waals surface area contributed by atoms with E-state index < -0.39 is 0 Å². The second-order valence-corrected chi connectivity index (χ2v) is 5.45. The van der Waals surface area contributed by atoms with Crippen molar-refractivity contribution in [1.29, 1.82) is 0 Å². The Bertz CT molecular complexity index is 360. The van der Waals surface area contributed by atoms with Crippen molar-refractivity contribution in [3.8, 4) is 0 Å². The molecule has 2 aliphatic carbocycles. The zero-order chi connectivity index (χ0) is 10.3. The molecule has 1 fully saturated rings. The molecule has 15 heavy (non-hydrogen) atoms. The minimum Gasteiger partial charge on any atom is -0.357 e. The molecule has 80 valence electrons. The average Bonchev–Trinajstić information content (AvgIpc) is 2.93. The monoisotopic (exact) mass is 221 g/mol. The third-order valence-corrected chi connectivity index (χ3v) is 4.31. The van der Waals surface area contributed by atoms with Gasteiger partial charge in [-0.15, -0.1) is 10.2 Å². The normalized spacial score (nSPS) is 34.6. The Labute approximate surface area is 93.6 Å². The standard InChI is InChI=1S/C11H15N3S/c1-7(13-11-14-12-6-15-11)10-5-8-2-3-9(10)4-8/h2-3,6-10H,4-5H2,1H3,(H,13,14). The topological polar surface area (TPSA) is 37.8 Å². The molecule has 4 heteroatoms. The molecule has 1 N–H and O–H groups in total. The highest BCUT2D eigenvalue weighted by atomic mass is 32.1. The third-order valence-electron chi connectivity index (χ3n) is 3.68. The first-order chi connectivity index (χ1) is 7.33. The maximum absolute atomic E-state index is 4.03. The van der Waals surface area contributed by atoms with Gasteiger partial charge in [0.25, 0.3) is 0 Å². The minimum absolute atomic E-state index is 0.512. The van der Waals surface area contributed by atoms with Crippen LogP contribution in [0.4, 0.5) is 5.13 Å². The number of aromatic nitrogens is 2. The summed E-state index contributed by atoms with van der Waals surface area (Å²) in [6.07, 6.45) is 7.50. The fraction of sp³-hybridized carbons (Fsp3) is 0.636. The van der Waals surface area contributed by atoms with Gasteiger partial charge in [0.1, 0.15) is 5.51 Å². The van der Waals surface area contributed by atoms with Crippen molar-refractivity contribution in [2.45, 2.75) is 25.8 Å². The summed E-state index contributed by atoms with van der Waals surface area (Å²) in [5.74, 6) is 2.42. The Hall–Kier alpha value is -0.900. The molecule has 2 bridgehead atoms. The summed E-state index contributed by atoms with van der Waals surface area (Å²) in [6, 6.07) is 0.512. The molecule has 0 saturated heterocycles. The van der Waals surface area contributed by atoms with Crippen LogP contribution in [0.15, 0.2) is 17.7 Å². The Balaban J connectivity index is 1.66. The molecule has 1 aromatic rings. The van der Waals surface area contributed by atoms with E-state index in [1.807, 2.05) is 0 Å². The summed E-state index contributed by atoms with van der Waals surface area (Å²) in [4.78, 5) is 0. The zero-order valence-electron chi connectivity index (χ0n) is 8.76. The van der Waals surface area contributed by atoms with Crippen molar-refractivity contribution in [1.82, 2.24) is 10.2 Å². The SMILES string of the molecule is CC(Nc1nncs1)C1CC2C=CC1C2. The molecule has 0 aliphatic heterocycles. The van der Waals surface area contributed by atoms with Crippen molar-refractivity contribution < 1.29 is 0 Å². The number of rotatable bonds is 3. The van der Waals surface area contributed by atoms with Crippen LogP contribution in [0.25, 0.3) is 0 Å². The summed E-state index contributed by atoms with van der Waals surface area (Å²) in [5, 5.41) is 12.3. The molecular formula is C11H15N3S. The number of fused-ring (bicyclic) bond motifs is 2. The highest BCUT2D eigenvalue weighted by molar-refractivity contribution is 7.13. The van der Waals surface area contributed by atoms with Crippen LogP contribution in [0.1, 0.15) is 19.8 Å². The van der Waals surface area contributed by atoms with Crippen LogP contribution in [-0.2, 0) is 0 Å². The van der Waals surface area contributed by atoms with E-state index in [2.05, 4.69) is 34.6 Å². The van der Waals surface area contributed by atoms with Gasteiger partial charge >= 0.3 is 0 Å². The molecule has 1 heterocycles. The molecule has 1 aromatic heterocycles. The fourth-order valence-electron chi connectivity index (χ4n) is 2.94. The van der Waals surface area contributed by atoms with Crippen molar-refractivity contribution in [2.75, 3.05) is 5.32 Å². The number of hydrogen-bond acceptors (Lipinski definition) is 4. The van der Waals surface area contributed by atoms with Gasteiger partial charge in [-0.3, -0.25) is 0 Å². The summed E-state index contributed by atoms with van der Waals surface area (Å²) in [6.45, 7) is 2.26. The predicted molar refractivity (Wildman–Crippen MR) is 61.8 cm³/mol. The van der Waals surface area contributed by atoms with Gasteiger partial charge in [0.2, 0.25) is 5.13 Å². The molecule has 4 atom stereocenters. The molecule has 3 nitrogen and oxygen atoms in total. The van der Waals surface area contributed by atoms with Crippen LogP contribution in [0.3, 0.4) is 0 Å². The second kappa shape index (κ2) is 3.59. The van der Waals surface area contributed by atoms with Gasteiger partial charge in [-0.05, 0) is 37.5 Å². The van der Waals surface area contributed by atoms with Gasteiger partial charge in [-0.25, -0.2) is 0 Å². The van der Waals surface area contributed by atoms with Crippen molar-refractivity contribution in [2.24, 2.45) is 17.8 Å². The van der Waals surface area contributed by atoms with E-state index in [0.29, 0.717) is 6.04 Å². The lowest BCUT2D eigenvalue weighted by atomic mass is 9.88. The van der Waals surface area contributed by atoms with Crippen molar-refractivity contribution in [3.05, 3.63) is 17.7 Å². The summed E-state index contributed by atoms with van der Waals surface area (Å²) in [5.41, 5.74) is 1.77. The van der Waals surface area contributed by atoms with Gasteiger partial charge < -0.3 is 5.32 Å². The molecule has 0 aromatic carbocycles. The van der Waals surface area contributed by atoms with Crippen LogP contribution >= 0.6 is 11.3 Å². The van der Waals surface area contributed by atoms with Gasteiger partial charge in [0.05, 0.1) is 0 Å². The second-order valence-electron chi connectivity index (χ2n) is 4.62. The number of hydrogen-bond donors (Lipinski definition) is 1. The fourth-order valence-corrected chi connectivity index (χ4v) is 3.48. The van der Waals surface area contributed by atoms with E-state index in [9.17, 15) is 0 Å². The molecule has 1 saturated carbocycles. The first kappa shape index (κ1) is 9.33. The molecule has 4 unspecified atom stereocenters. The Kier molecular flexibility index (Phi) is 2.24. The first-order valence-electron chi connectivity index (χ1n) is 5.54. The van der Waals surface area contributed by atoms with E-state index in [1.54, 1.807) is 16.8 Å². The van der Waals surface area contributed by atoms with Crippen LogP contribution in [-0.4, -0.2) is 16.2 Å². The van der Waals surface area contributed by atoms with Gasteiger partial charge in [-0.2, -0.15) is 0 Å². The molecule has 3 rings (SSSR count). The predicted octanol–water partition coefficient (Wildman–Crippen LogP) is 2.55. The molecule has 0 amide bonds. The number of nitrogens with one attached hydrogen (secondary N) is 1. The first-order valence-corrected chi connectivity index (χ1v) is 6.42. The van der Waals surface area contributed by atoms with Crippen LogP contribution in [0, 0.1) is 17.8 Å². The maximum Gasteiger partial charge on any atom is 0.205 e. The lowest BCUT2D eigenvalue weighted by Crippen LogP contribution is -2.28. The molecule has 0 spiro atoms. The summed E-state index contributed by atoms with van der Waals surface area (Å²) >= 11 is 1.58. The highest BCUT2D eigenvalue weighted by Crippen LogP contribution is 2.45. The van der Waals surface area contributed by atoms with Crippen molar-refractivity contribution in [3.63, 3.8) is 0 Å². The molecular weight excluding hydrogens is 206 g/mol. The maximum atomic E-state index is 4.03. The van der Waals surface area contributed by atoms with Gasteiger partial charge in [0.15, 0.2) is 0 Å².